The van der Waals surface area contributed by atoms with Gasteiger partial charge in [-0.2, -0.15) is 0 Å². The highest BCUT2D eigenvalue weighted by molar-refractivity contribution is 5.96. The fraction of sp³-hybridized carbons (Fsp3) is 0.0769. The average Bonchev–Trinajstić information content (AvgIpc) is 2.41. The van der Waals surface area contributed by atoms with Gasteiger partial charge in [0, 0.05) is 12.3 Å². The largest absolute Gasteiger partial charge is 0.444 e. The summed E-state index contributed by atoms with van der Waals surface area (Å²) in [4.78, 5) is 15.8. The lowest BCUT2D eigenvalue weighted by molar-refractivity contribution is -0.136. The number of ether oxygens (including phenoxy) is 2. The summed E-state index contributed by atoms with van der Waals surface area (Å²) in [5, 5.41) is 2.71. The number of para-hydroxylation sites is 2. The fourth-order valence-electron chi connectivity index (χ4n) is 1.64. The number of fused-ring (bicyclic) bond motifs is 1. The number of nitrogens with one attached hydrogen (secondary N) is 1. The van der Waals surface area contributed by atoms with Crippen molar-refractivity contribution in [3.05, 3.63) is 48.7 Å². The maximum atomic E-state index is 11.8. The molecule has 0 spiro atoms. The first-order chi connectivity index (χ1) is 8.83. The highest BCUT2D eigenvalue weighted by Gasteiger charge is 2.29. The van der Waals surface area contributed by atoms with Gasteiger partial charge in [-0.25, -0.2) is 4.98 Å². The molecule has 1 N–H and O–H groups in total. The first-order valence-corrected chi connectivity index (χ1v) is 5.47. The van der Waals surface area contributed by atoms with E-state index in [9.17, 15) is 4.79 Å². The molecule has 18 heavy (non-hydrogen) atoms. The van der Waals surface area contributed by atoms with Crippen LogP contribution in [0.2, 0.25) is 0 Å². The number of amides is 1. The minimum absolute atomic E-state index is 0.344. The van der Waals surface area contributed by atoms with E-state index in [4.69, 9.17) is 9.47 Å². The zero-order chi connectivity index (χ0) is 12.4. The number of benzene rings is 1. The molecule has 1 aliphatic heterocycles. The van der Waals surface area contributed by atoms with Gasteiger partial charge in [-0.1, -0.05) is 18.2 Å². The maximum absolute atomic E-state index is 11.8. The summed E-state index contributed by atoms with van der Waals surface area (Å²) < 4.78 is 10.9. The van der Waals surface area contributed by atoms with Gasteiger partial charge in [-0.3, -0.25) is 4.79 Å². The van der Waals surface area contributed by atoms with Gasteiger partial charge in [0.15, 0.2) is 0 Å². The molecule has 0 aliphatic carbocycles. The number of carbonyl (C=O) groups is 1. The van der Waals surface area contributed by atoms with Crippen LogP contribution in [0.25, 0.3) is 0 Å². The zero-order valence-corrected chi connectivity index (χ0v) is 9.37. The molecule has 3 rings (SSSR count). The van der Waals surface area contributed by atoms with E-state index in [1.54, 1.807) is 36.5 Å². The first kappa shape index (κ1) is 10.6. The first-order valence-electron chi connectivity index (χ1n) is 5.47. The predicted octanol–water partition coefficient (Wildman–Crippen LogP) is 1.82. The molecule has 5 heteroatoms. The molecule has 0 saturated carbocycles. The molecule has 1 aromatic heterocycles. The van der Waals surface area contributed by atoms with Crippen molar-refractivity contribution in [3.63, 3.8) is 0 Å². The van der Waals surface area contributed by atoms with Gasteiger partial charge < -0.3 is 14.8 Å². The van der Waals surface area contributed by atoms with Crippen molar-refractivity contribution in [3.8, 4) is 11.6 Å². The molecule has 1 amide bonds. The molecule has 2 aromatic rings. The Morgan fingerprint density at radius 3 is 2.83 bits per heavy atom. The highest BCUT2D eigenvalue weighted by Crippen LogP contribution is 2.29. The van der Waals surface area contributed by atoms with Gasteiger partial charge in [0.25, 0.3) is 0 Å². The summed E-state index contributed by atoms with van der Waals surface area (Å²) in [6, 6.07) is 12.4. The predicted molar refractivity (Wildman–Crippen MR) is 64.4 cm³/mol. The summed E-state index contributed by atoms with van der Waals surface area (Å²) in [6.45, 7) is 0. The molecule has 0 fully saturated rings. The molecule has 0 bridgehead atoms. The molecule has 90 valence electrons. The molecule has 0 saturated heterocycles. The monoisotopic (exact) mass is 242 g/mol. The van der Waals surface area contributed by atoms with Crippen molar-refractivity contribution in [2.75, 3.05) is 5.32 Å². The second-order valence-electron chi connectivity index (χ2n) is 3.72. The number of carbonyl (C=O) groups excluding carboxylic acids is 1. The Morgan fingerprint density at radius 2 is 2.00 bits per heavy atom. The Kier molecular flexibility index (Phi) is 2.57. The lowest BCUT2D eigenvalue weighted by Gasteiger charge is -2.25. The van der Waals surface area contributed by atoms with Crippen molar-refractivity contribution in [2.45, 2.75) is 6.29 Å². The summed E-state index contributed by atoms with van der Waals surface area (Å²) in [7, 11) is 0. The molecule has 0 radical (unpaired) electrons. The van der Waals surface area contributed by atoms with Crippen LogP contribution in [0.4, 0.5) is 5.69 Å². The normalized spacial score (nSPS) is 17.3. The second-order valence-corrected chi connectivity index (χ2v) is 3.72. The van der Waals surface area contributed by atoms with Crippen LogP contribution in [0.5, 0.6) is 11.6 Å². The number of hydrogen-bond donors (Lipinski definition) is 1. The second kappa shape index (κ2) is 4.37. The number of nitrogens with zero attached hydrogens (tertiary/aromatic N) is 1. The molecule has 1 atom stereocenters. The third kappa shape index (κ3) is 1.98. The van der Waals surface area contributed by atoms with Crippen LogP contribution in [0.15, 0.2) is 48.7 Å². The van der Waals surface area contributed by atoms with Gasteiger partial charge in [-0.15, -0.1) is 0 Å². The average molecular weight is 242 g/mol. The smallest absolute Gasteiger partial charge is 0.323 e. The van der Waals surface area contributed by atoms with Gasteiger partial charge >= 0.3 is 12.2 Å². The standard InChI is InChI=1S/C13H10N2O3/c16-12-13(18-11-7-3-4-8-14-11)17-10-6-2-1-5-9(10)15-12/h1-8,13H,(H,15,16). The molecule has 1 aromatic carbocycles. The molecular weight excluding hydrogens is 232 g/mol. The van der Waals surface area contributed by atoms with E-state index in [0.29, 0.717) is 17.3 Å². The minimum atomic E-state index is -1.02. The van der Waals surface area contributed by atoms with Gasteiger partial charge in [0.1, 0.15) is 5.75 Å². The minimum Gasteiger partial charge on any atom is -0.444 e. The molecule has 2 heterocycles. The van der Waals surface area contributed by atoms with E-state index in [2.05, 4.69) is 10.3 Å². The van der Waals surface area contributed by atoms with Crippen molar-refractivity contribution in [2.24, 2.45) is 0 Å². The third-order valence-electron chi connectivity index (χ3n) is 2.46. The summed E-state index contributed by atoms with van der Waals surface area (Å²) >= 11 is 0. The van der Waals surface area contributed by atoms with Crippen LogP contribution >= 0.6 is 0 Å². The topological polar surface area (TPSA) is 60.5 Å². The van der Waals surface area contributed by atoms with Gasteiger partial charge in [0.05, 0.1) is 5.69 Å². The van der Waals surface area contributed by atoms with Crippen molar-refractivity contribution in [1.29, 1.82) is 0 Å². The summed E-state index contributed by atoms with van der Waals surface area (Å²) in [6.07, 6.45) is 0.569. The van der Waals surface area contributed by atoms with Crippen LogP contribution in [0, 0.1) is 0 Å². The van der Waals surface area contributed by atoms with Crippen LogP contribution in [0.3, 0.4) is 0 Å². The lowest BCUT2D eigenvalue weighted by atomic mass is 10.2. The van der Waals surface area contributed by atoms with E-state index in [-0.39, 0.29) is 5.91 Å². The Hall–Kier alpha value is -2.56. The Morgan fingerprint density at radius 1 is 1.17 bits per heavy atom. The van der Waals surface area contributed by atoms with Crippen LogP contribution < -0.4 is 14.8 Å². The third-order valence-corrected chi connectivity index (χ3v) is 2.46. The van der Waals surface area contributed by atoms with Crippen molar-refractivity contribution >= 4 is 11.6 Å². The van der Waals surface area contributed by atoms with E-state index in [0.717, 1.165) is 0 Å². The summed E-state index contributed by atoms with van der Waals surface area (Å²) in [5.74, 6) is 0.578. The van der Waals surface area contributed by atoms with Crippen LogP contribution in [-0.4, -0.2) is 17.2 Å². The van der Waals surface area contributed by atoms with Crippen molar-refractivity contribution < 1.29 is 14.3 Å². The Labute approximate surface area is 103 Å². The van der Waals surface area contributed by atoms with Gasteiger partial charge in [0.2, 0.25) is 5.88 Å². The van der Waals surface area contributed by atoms with E-state index in [1.165, 1.54) is 0 Å². The molecule has 1 unspecified atom stereocenters. The Balaban J connectivity index is 1.81. The fourth-order valence-corrected chi connectivity index (χ4v) is 1.64. The van der Waals surface area contributed by atoms with E-state index < -0.39 is 6.29 Å². The number of aromatic nitrogens is 1. The number of rotatable bonds is 2. The van der Waals surface area contributed by atoms with Crippen LogP contribution in [-0.2, 0) is 4.79 Å². The van der Waals surface area contributed by atoms with Gasteiger partial charge in [-0.05, 0) is 18.2 Å². The van der Waals surface area contributed by atoms with Crippen LogP contribution in [0.1, 0.15) is 0 Å². The lowest BCUT2D eigenvalue weighted by Crippen LogP contribution is -2.41. The molecular formula is C13H10N2O3. The number of hydrogen-bond acceptors (Lipinski definition) is 4. The number of pyridine rings is 1. The summed E-state index contributed by atoms with van der Waals surface area (Å²) in [5.41, 5.74) is 0.642. The van der Waals surface area contributed by atoms with E-state index in [1.807, 2.05) is 12.1 Å². The molecule has 1 aliphatic rings. The van der Waals surface area contributed by atoms with E-state index >= 15 is 0 Å². The number of anilines is 1. The quantitative estimate of drug-likeness (QED) is 0.872. The SMILES string of the molecule is O=C1Nc2ccccc2OC1Oc1ccccn1. The molecule has 5 nitrogen and oxygen atoms in total. The Bertz CT molecular complexity index is 571. The maximum Gasteiger partial charge on any atom is 0.323 e. The zero-order valence-electron chi connectivity index (χ0n) is 9.37. The highest BCUT2D eigenvalue weighted by atomic mass is 16.7. The van der Waals surface area contributed by atoms with Crippen molar-refractivity contribution in [1.82, 2.24) is 4.98 Å².